The van der Waals surface area contributed by atoms with E-state index in [9.17, 15) is 4.79 Å². The first-order chi connectivity index (χ1) is 7.70. The molecule has 0 spiro atoms. The van der Waals surface area contributed by atoms with Gasteiger partial charge in [0.25, 0.3) is 0 Å². The fraction of sp³-hybridized carbons (Fsp3) is 0.909. The molecule has 2 N–H and O–H groups in total. The van der Waals surface area contributed by atoms with Gasteiger partial charge in [-0.25, -0.2) is 0 Å². The zero-order valence-corrected chi connectivity index (χ0v) is 11.4. The maximum Gasteiger partial charge on any atom is 0.233 e. The molecule has 0 aromatic carbocycles. The third-order valence-electron chi connectivity index (χ3n) is 2.21. The number of carbonyl (C=O) groups excluding carboxylic acids is 1. The Morgan fingerprint density at radius 1 is 1.50 bits per heavy atom. The van der Waals surface area contributed by atoms with Crippen LogP contribution in [0.1, 0.15) is 19.8 Å². The largest absolute Gasteiger partial charge is 0.385 e. The number of thioether (sulfide) groups is 1. The van der Waals surface area contributed by atoms with E-state index >= 15 is 0 Å². The molecule has 0 aromatic heterocycles. The van der Waals surface area contributed by atoms with Crippen molar-refractivity contribution in [2.45, 2.75) is 25.8 Å². The molecular formula is C11H24N2O2S. The molecule has 16 heavy (non-hydrogen) atoms. The number of hydrogen-bond acceptors (Lipinski definition) is 4. The molecule has 0 aliphatic carbocycles. The van der Waals surface area contributed by atoms with Crippen molar-refractivity contribution in [3.63, 3.8) is 0 Å². The van der Waals surface area contributed by atoms with Crippen molar-refractivity contribution in [2.75, 3.05) is 38.8 Å². The van der Waals surface area contributed by atoms with E-state index in [1.165, 1.54) is 0 Å². The summed E-state index contributed by atoms with van der Waals surface area (Å²) in [5.41, 5.74) is 0. The summed E-state index contributed by atoms with van der Waals surface area (Å²) in [5.74, 6) is 1.19. The molecule has 0 aliphatic heterocycles. The average Bonchev–Trinajstić information content (AvgIpc) is 2.29. The summed E-state index contributed by atoms with van der Waals surface area (Å²) >= 11 is 1.83. The summed E-state index contributed by atoms with van der Waals surface area (Å²) < 4.78 is 4.90. The van der Waals surface area contributed by atoms with E-state index < -0.39 is 0 Å². The lowest BCUT2D eigenvalue weighted by Gasteiger charge is -2.12. The number of amides is 1. The van der Waals surface area contributed by atoms with Crippen molar-refractivity contribution in [3.8, 4) is 0 Å². The SMILES string of the molecule is COCCCNC(=O)CNC(C)CCSC. The Balaban J connectivity index is 3.35. The van der Waals surface area contributed by atoms with Crippen LogP contribution < -0.4 is 10.6 Å². The molecular weight excluding hydrogens is 224 g/mol. The van der Waals surface area contributed by atoms with Crippen LogP contribution in [0.25, 0.3) is 0 Å². The van der Waals surface area contributed by atoms with Crippen LogP contribution in [0.15, 0.2) is 0 Å². The molecule has 0 rings (SSSR count). The summed E-state index contributed by atoms with van der Waals surface area (Å²) in [6, 6.07) is 0.400. The molecule has 0 aromatic rings. The predicted octanol–water partition coefficient (Wildman–Crippen LogP) is 0.870. The first-order valence-electron chi connectivity index (χ1n) is 5.68. The minimum atomic E-state index is 0.0621. The minimum absolute atomic E-state index is 0.0621. The fourth-order valence-corrected chi connectivity index (χ4v) is 1.76. The topological polar surface area (TPSA) is 50.4 Å². The Hall–Kier alpha value is -0.260. The zero-order chi connectivity index (χ0) is 12.2. The molecule has 1 atom stereocenters. The lowest BCUT2D eigenvalue weighted by atomic mass is 10.2. The maximum atomic E-state index is 11.4. The summed E-state index contributed by atoms with van der Waals surface area (Å²) in [7, 11) is 1.66. The van der Waals surface area contributed by atoms with Crippen molar-refractivity contribution < 1.29 is 9.53 Å². The van der Waals surface area contributed by atoms with Crippen LogP contribution in [0.3, 0.4) is 0 Å². The zero-order valence-electron chi connectivity index (χ0n) is 10.5. The number of ether oxygens (including phenoxy) is 1. The smallest absolute Gasteiger partial charge is 0.233 e. The van der Waals surface area contributed by atoms with Gasteiger partial charge in [-0.2, -0.15) is 11.8 Å². The van der Waals surface area contributed by atoms with Gasteiger partial charge in [0, 0.05) is 26.3 Å². The van der Waals surface area contributed by atoms with Gasteiger partial charge in [-0.3, -0.25) is 4.79 Å². The van der Waals surface area contributed by atoms with E-state index in [1.807, 2.05) is 11.8 Å². The second-order valence-corrected chi connectivity index (χ2v) is 4.75. The lowest BCUT2D eigenvalue weighted by molar-refractivity contribution is -0.120. The fourth-order valence-electron chi connectivity index (χ4n) is 1.17. The number of rotatable bonds is 10. The molecule has 4 nitrogen and oxygen atoms in total. The Labute approximate surface area is 103 Å². The van der Waals surface area contributed by atoms with Crippen LogP contribution in [-0.2, 0) is 9.53 Å². The van der Waals surface area contributed by atoms with E-state index in [0.717, 1.165) is 18.6 Å². The molecule has 0 saturated carbocycles. The van der Waals surface area contributed by atoms with Gasteiger partial charge in [-0.05, 0) is 31.8 Å². The monoisotopic (exact) mass is 248 g/mol. The lowest BCUT2D eigenvalue weighted by Crippen LogP contribution is -2.38. The van der Waals surface area contributed by atoms with Crippen molar-refractivity contribution in [3.05, 3.63) is 0 Å². The third-order valence-corrected chi connectivity index (χ3v) is 2.86. The molecule has 0 bridgehead atoms. The van der Waals surface area contributed by atoms with E-state index in [2.05, 4.69) is 23.8 Å². The van der Waals surface area contributed by atoms with Gasteiger partial charge in [-0.1, -0.05) is 0 Å². The van der Waals surface area contributed by atoms with E-state index in [4.69, 9.17) is 4.74 Å². The Morgan fingerprint density at radius 2 is 2.25 bits per heavy atom. The van der Waals surface area contributed by atoms with Crippen molar-refractivity contribution in [1.29, 1.82) is 0 Å². The van der Waals surface area contributed by atoms with Crippen molar-refractivity contribution >= 4 is 17.7 Å². The van der Waals surface area contributed by atoms with Crippen molar-refractivity contribution in [2.24, 2.45) is 0 Å². The highest BCUT2D eigenvalue weighted by Gasteiger charge is 2.04. The Bertz CT molecular complexity index is 179. The van der Waals surface area contributed by atoms with Gasteiger partial charge in [0.05, 0.1) is 6.54 Å². The molecule has 1 unspecified atom stereocenters. The first-order valence-corrected chi connectivity index (χ1v) is 7.08. The molecule has 5 heteroatoms. The molecule has 0 heterocycles. The molecule has 0 saturated heterocycles. The molecule has 1 amide bonds. The summed E-state index contributed by atoms with van der Waals surface area (Å²) in [4.78, 5) is 11.4. The van der Waals surface area contributed by atoms with Crippen LogP contribution in [0, 0.1) is 0 Å². The number of methoxy groups -OCH3 is 1. The van der Waals surface area contributed by atoms with Gasteiger partial charge in [0.1, 0.15) is 0 Å². The summed E-state index contributed by atoms with van der Waals surface area (Å²) in [6.45, 7) is 3.89. The minimum Gasteiger partial charge on any atom is -0.385 e. The van der Waals surface area contributed by atoms with Crippen LogP contribution in [0.4, 0.5) is 0 Å². The highest BCUT2D eigenvalue weighted by atomic mass is 32.2. The maximum absolute atomic E-state index is 11.4. The Morgan fingerprint density at radius 3 is 2.88 bits per heavy atom. The van der Waals surface area contributed by atoms with Crippen LogP contribution in [-0.4, -0.2) is 50.8 Å². The molecule has 0 fully saturated rings. The second-order valence-electron chi connectivity index (χ2n) is 3.76. The normalized spacial score (nSPS) is 12.4. The predicted molar refractivity (Wildman–Crippen MR) is 70.0 cm³/mol. The van der Waals surface area contributed by atoms with Gasteiger partial charge in [0.15, 0.2) is 0 Å². The molecule has 96 valence electrons. The summed E-state index contributed by atoms with van der Waals surface area (Å²) in [5, 5.41) is 6.04. The van der Waals surface area contributed by atoms with Crippen LogP contribution >= 0.6 is 11.8 Å². The van der Waals surface area contributed by atoms with Gasteiger partial charge >= 0.3 is 0 Å². The highest BCUT2D eigenvalue weighted by molar-refractivity contribution is 7.98. The van der Waals surface area contributed by atoms with E-state index in [0.29, 0.717) is 25.7 Å². The van der Waals surface area contributed by atoms with Crippen LogP contribution in [0.5, 0.6) is 0 Å². The average molecular weight is 248 g/mol. The molecule has 0 aliphatic rings. The van der Waals surface area contributed by atoms with Crippen LogP contribution in [0.2, 0.25) is 0 Å². The third kappa shape index (κ3) is 10.3. The highest BCUT2D eigenvalue weighted by Crippen LogP contribution is 1.98. The second kappa shape index (κ2) is 11.2. The number of hydrogen-bond donors (Lipinski definition) is 2. The number of nitrogens with one attached hydrogen (secondary N) is 2. The van der Waals surface area contributed by atoms with Gasteiger partial charge < -0.3 is 15.4 Å². The summed E-state index contributed by atoms with van der Waals surface area (Å²) in [6.07, 6.45) is 4.05. The van der Waals surface area contributed by atoms with Gasteiger partial charge in [0.2, 0.25) is 5.91 Å². The quantitative estimate of drug-likeness (QED) is 0.563. The first kappa shape index (κ1) is 15.7. The molecule has 0 radical (unpaired) electrons. The number of carbonyl (C=O) groups is 1. The Kier molecular flexibility index (Phi) is 11.0. The van der Waals surface area contributed by atoms with E-state index in [1.54, 1.807) is 7.11 Å². The van der Waals surface area contributed by atoms with Gasteiger partial charge in [-0.15, -0.1) is 0 Å². The van der Waals surface area contributed by atoms with Crippen molar-refractivity contribution in [1.82, 2.24) is 10.6 Å². The standard InChI is InChI=1S/C11H24N2O2S/c1-10(5-8-16-3)13-9-11(14)12-6-4-7-15-2/h10,13H,4-9H2,1-3H3,(H,12,14). The van der Waals surface area contributed by atoms with E-state index in [-0.39, 0.29) is 5.91 Å².